The molecule has 1 unspecified atom stereocenters. The largest absolute Gasteiger partial charge is 0.356 e. The van der Waals surface area contributed by atoms with Crippen molar-refractivity contribution >= 4 is 18.3 Å². The Morgan fingerprint density at radius 2 is 2.09 bits per heavy atom. The number of hydrogen-bond acceptors (Lipinski definition) is 2. The van der Waals surface area contributed by atoms with Gasteiger partial charge in [0.25, 0.3) is 0 Å². The Labute approximate surface area is 144 Å². The lowest BCUT2D eigenvalue weighted by atomic mass is 9.81. The Bertz CT molecular complexity index is 504. The molecule has 0 aliphatic carbocycles. The van der Waals surface area contributed by atoms with Crippen LogP contribution >= 0.6 is 12.4 Å². The minimum Gasteiger partial charge on any atom is -0.356 e. The van der Waals surface area contributed by atoms with Crippen molar-refractivity contribution in [2.24, 2.45) is 11.3 Å². The highest BCUT2D eigenvalue weighted by Crippen LogP contribution is 2.26. The van der Waals surface area contributed by atoms with Gasteiger partial charge in [-0.1, -0.05) is 26.0 Å². The van der Waals surface area contributed by atoms with E-state index < -0.39 is 0 Å². The topological polar surface area (TPSA) is 41.1 Å². The highest BCUT2D eigenvalue weighted by atomic mass is 35.5. The molecule has 1 saturated heterocycles. The summed E-state index contributed by atoms with van der Waals surface area (Å²) in [7, 11) is 0. The molecule has 130 valence electrons. The smallest absolute Gasteiger partial charge is 0.220 e. The molecule has 1 aliphatic heterocycles. The summed E-state index contributed by atoms with van der Waals surface area (Å²) in [5, 5.41) is 6.43. The lowest BCUT2D eigenvalue weighted by Gasteiger charge is -2.34. The van der Waals surface area contributed by atoms with Gasteiger partial charge < -0.3 is 10.6 Å². The molecule has 1 aromatic carbocycles. The highest BCUT2D eigenvalue weighted by Gasteiger charge is 2.27. The molecule has 2 N–H and O–H groups in total. The molecule has 5 heteroatoms. The SMILES string of the molecule is CC(CC(=O)NCC1(C)CCNCC1)Cc1cccc(F)c1.Cl. The Hall–Kier alpha value is -1.13. The van der Waals surface area contributed by atoms with Crippen LogP contribution in [0.5, 0.6) is 0 Å². The number of carbonyl (C=O) groups excluding carboxylic acids is 1. The zero-order chi connectivity index (χ0) is 16.0. The van der Waals surface area contributed by atoms with Gasteiger partial charge in [0, 0.05) is 13.0 Å². The summed E-state index contributed by atoms with van der Waals surface area (Å²) in [6, 6.07) is 6.62. The van der Waals surface area contributed by atoms with E-state index in [-0.39, 0.29) is 35.5 Å². The number of rotatable bonds is 6. The molecule has 3 nitrogen and oxygen atoms in total. The van der Waals surface area contributed by atoms with E-state index in [2.05, 4.69) is 17.6 Å². The third-order valence-electron chi connectivity index (χ3n) is 4.53. The maximum atomic E-state index is 13.2. The second-order valence-corrected chi connectivity index (χ2v) is 6.98. The van der Waals surface area contributed by atoms with Gasteiger partial charge in [-0.05, 0) is 61.4 Å². The van der Waals surface area contributed by atoms with Gasteiger partial charge in [-0.2, -0.15) is 0 Å². The quantitative estimate of drug-likeness (QED) is 0.832. The maximum Gasteiger partial charge on any atom is 0.220 e. The van der Waals surface area contributed by atoms with Crippen molar-refractivity contribution in [3.05, 3.63) is 35.6 Å². The minimum absolute atomic E-state index is 0. The first-order valence-electron chi connectivity index (χ1n) is 8.19. The van der Waals surface area contributed by atoms with Crippen LogP contribution in [0, 0.1) is 17.2 Å². The molecule has 1 atom stereocenters. The molecule has 1 aliphatic rings. The molecular weight excluding hydrogens is 315 g/mol. The lowest BCUT2D eigenvalue weighted by Crippen LogP contribution is -2.43. The van der Waals surface area contributed by atoms with E-state index >= 15 is 0 Å². The molecule has 0 spiro atoms. The van der Waals surface area contributed by atoms with Crippen LogP contribution in [0.4, 0.5) is 4.39 Å². The molecule has 1 fully saturated rings. The third-order valence-corrected chi connectivity index (χ3v) is 4.53. The Morgan fingerprint density at radius 3 is 2.74 bits per heavy atom. The van der Waals surface area contributed by atoms with Gasteiger partial charge in [-0.25, -0.2) is 4.39 Å². The fourth-order valence-corrected chi connectivity index (χ4v) is 3.05. The Balaban J connectivity index is 0.00000264. The summed E-state index contributed by atoms with van der Waals surface area (Å²) < 4.78 is 13.2. The number of nitrogens with one attached hydrogen (secondary N) is 2. The summed E-state index contributed by atoms with van der Waals surface area (Å²) >= 11 is 0. The fourth-order valence-electron chi connectivity index (χ4n) is 3.05. The van der Waals surface area contributed by atoms with Crippen molar-refractivity contribution in [3.8, 4) is 0 Å². The van der Waals surface area contributed by atoms with Crippen LogP contribution in [0.1, 0.15) is 38.7 Å². The normalized spacial score (nSPS) is 17.9. The molecule has 0 radical (unpaired) electrons. The van der Waals surface area contributed by atoms with Gasteiger partial charge in [0.05, 0.1) is 0 Å². The first-order chi connectivity index (χ1) is 10.5. The zero-order valence-corrected chi connectivity index (χ0v) is 14.8. The van der Waals surface area contributed by atoms with Crippen molar-refractivity contribution < 1.29 is 9.18 Å². The summed E-state index contributed by atoms with van der Waals surface area (Å²) in [4.78, 5) is 12.1. The van der Waals surface area contributed by atoms with Gasteiger partial charge in [-0.3, -0.25) is 4.79 Å². The molecular formula is C18H28ClFN2O. The molecule has 0 bridgehead atoms. The van der Waals surface area contributed by atoms with Gasteiger partial charge in [0.15, 0.2) is 0 Å². The average molecular weight is 343 g/mol. The maximum absolute atomic E-state index is 13.2. The number of benzene rings is 1. The Morgan fingerprint density at radius 1 is 1.39 bits per heavy atom. The highest BCUT2D eigenvalue weighted by molar-refractivity contribution is 5.85. The van der Waals surface area contributed by atoms with Crippen molar-refractivity contribution in [1.29, 1.82) is 0 Å². The number of halogens is 2. The van der Waals surface area contributed by atoms with Gasteiger partial charge in [0.2, 0.25) is 5.91 Å². The standard InChI is InChI=1S/C18H27FN2O.ClH/c1-14(10-15-4-3-5-16(19)12-15)11-17(22)21-13-18(2)6-8-20-9-7-18;/h3-5,12,14,20H,6-11,13H2,1-2H3,(H,21,22);1H. The number of piperidine rings is 1. The average Bonchev–Trinajstić information content (AvgIpc) is 2.46. The van der Waals surface area contributed by atoms with Crippen LogP contribution in [-0.4, -0.2) is 25.5 Å². The molecule has 1 aromatic rings. The second-order valence-electron chi connectivity index (χ2n) is 6.98. The van der Waals surface area contributed by atoms with Crippen LogP contribution in [0.15, 0.2) is 24.3 Å². The van der Waals surface area contributed by atoms with Crippen LogP contribution in [-0.2, 0) is 11.2 Å². The van der Waals surface area contributed by atoms with Crippen LogP contribution in [0.3, 0.4) is 0 Å². The number of amides is 1. The summed E-state index contributed by atoms with van der Waals surface area (Å²) in [5.74, 6) is 0.0965. The van der Waals surface area contributed by atoms with Crippen molar-refractivity contribution in [2.45, 2.75) is 39.5 Å². The summed E-state index contributed by atoms with van der Waals surface area (Å²) in [6.45, 7) is 7.09. The van der Waals surface area contributed by atoms with E-state index in [1.165, 1.54) is 6.07 Å². The van der Waals surface area contributed by atoms with Crippen molar-refractivity contribution in [1.82, 2.24) is 10.6 Å². The van der Waals surface area contributed by atoms with E-state index in [1.807, 2.05) is 13.0 Å². The third kappa shape index (κ3) is 6.88. The van der Waals surface area contributed by atoms with Crippen molar-refractivity contribution in [3.63, 3.8) is 0 Å². The fraction of sp³-hybridized carbons (Fsp3) is 0.611. The van der Waals surface area contributed by atoms with Gasteiger partial charge in [-0.15, -0.1) is 12.4 Å². The van der Waals surface area contributed by atoms with Gasteiger partial charge in [0.1, 0.15) is 5.82 Å². The minimum atomic E-state index is -0.215. The van der Waals surface area contributed by atoms with E-state index in [0.29, 0.717) is 6.42 Å². The number of carbonyl (C=O) groups is 1. The molecule has 1 heterocycles. The predicted octanol–water partition coefficient (Wildman–Crippen LogP) is 3.32. The van der Waals surface area contributed by atoms with E-state index in [9.17, 15) is 9.18 Å². The molecule has 1 amide bonds. The van der Waals surface area contributed by atoms with Gasteiger partial charge >= 0.3 is 0 Å². The van der Waals surface area contributed by atoms with Crippen LogP contribution < -0.4 is 10.6 Å². The van der Waals surface area contributed by atoms with Crippen LogP contribution in [0.2, 0.25) is 0 Å². The summed E-state index contributed by atoms with van der Waals surface area (Å²) in [6.07, 6.45) is 3.43. The number of hydrogen-bond donors (Lipinski definition) is 2. The van der Waals surface area contributed by atoms with Crippen LogP contribution in [0.25, 0.3) is 0 Å². The molecule has 23 heavy (non-hydrogen) atoms. The van der Waals surface area contributed by atoms with E-state index in [1.54, 1.807) is 12.1 Å². The molecule has 2 rings (SSSR count). The zero-order valence-electron chi connectivity index (χ0n) is 14.0. The molecule has 0 aromatic heterocycles. The van der Waals surface area contributed by atoms with Crippen molar-refractivity contribution in [2.75, 3.05) is 19.6 Å². The molecule has 0 saturated carbocycles. The Kier molecular flexibility index (Phi) is 8.00. The monoisotopic (exact) mass is 342 g/mol. The van der Waals surface area contributed by atoms with E-state index in [0.717, 1.165) is 44.5 Å². The first-order valence-corrected chi connectivity index (χ1v) is 8.19. The lowest BCUT2D eigenvalue weighted by molar-refractivity contribution is -0.122. The van der Waals surface area contributed by atoms with E-state index in [4.69, 9.17) is 0 Å². The second kappa shape index (κ2) is 9.24. The predicted molar refractivity (Wildman–Crippen MR) is 94.4 cm³/mol. The first kappa shape index (κ1) is 19.9. The summed E-state index contributed by atoms with van der Waals surface area (Å²) in [5.41, 5.74) is 1.16.